The summed E-state index contributed by atoms with van der Waals surface area (Å²) in [7, 11) is 0. The third kappa shape index (κ3) is 2.51. The van der Waals surface area contributed by atoms with Crippen molar-refractivity contribution in [1.82, 2.24) is 0 Å². The highest BCUT2D eigenvalue weighted by Gasteiger charge is 2.16. The Bertz CT molecular complexity index is 648. The Labute approximate surface area is 126 Å². The Kier molecular flexibility index (Phi) is 3.30. The second-order valence-electron chi connectivity index (χ2n) is 6.18. The summed E-state index contributed by atoms with van der Waals surface area (Å²) >= 11 is 0. The van der Waals surface area contributed by atoms with E-state index in [1.165, 1.54) is 60.3 Å². The van der Waals surface area contributed by atoms with Gasteiger partial charge in [-0.3, -0.25) is 0 Å². The third-order valence-corrected chi connectivity index (χ3v) is 4.71. The van der Waals surface area contributed by atoms with Crippen LogP contribution >= 0.6 is 0 Å². The molecular weight excluding hydrogens is 256 g/mol. The van der Waals surface area contributed by atoms with Crippen molar-refractivity contribution in [3.8, 4) is 0 Å². The molecule has 2 heterocycles. The first-order valence-corrected chi connectivity index (χ1v) is 8.09. The lowest BCUT2D eigenvalue weighted by molar-refractivity contribution is 0.714. The van der Waals surface area contributed by atoms with Crippen LogP contribution in [0.2, 0.25) is 0 Å². The van der Waals surface area contributed by atoms with Crippen molar-refractivity contribution >= 4 is 11.4 Å². The van der Waals surface area contributed by atoms with E-state index >= 15 is 0 Å². The van der Waals surface area contributed by atoms with Gasteiger partial charge in [0.1, 0.15) is 0 Å². The molecule has 0 spiro atoms. The Balaban J connectivity index is 1.62. The number of hydrogen-bond acceptors (Lipinski definition) is 2. The molecule has 2 aliphatic heterocycles. The molecule has 2 aromatic carbocycles. The minimum absolute atomic E-state index is 1.03. The summed E-state index contributed by atoms with van der Waals surface area (Å²) in [4.78, 5) is 2.56. The molecule has 0 aromatic heterocycles. The molecule has 2 heteroatoms. The highest BCUT2D eigenvalue weighted by molar-refractivity contribution is 5.58. The summed E-state index contributed by atoms with van der Waals surface area (Å²) < 4.78 is 0. The van der Waals surface area contributed by atoms with E-state index in [0.29, 0.717) is 0 Å². The van der Waals surface area contributed by atoms with Crippen molar-refractivity contribution in [1.29, 1.82) is 0 Å². The molecule has 0 bridgehead atoms. The van der Waals surface area contributed by atoms with Crippen LogP contribution < -0.4 is 10.2 Å². The highest BCUT2D eigenvalue weighted by Crippen LogP contribution is 2.29. The molecule has 0 aliphatic carbocycles. The summed E-state index contributed by atoms with van der Waals surface area (Å²) in [5, 5.41) is 3.44. The molecule has 4 rings (SSSR count). The second-order valence-corrected chi connectivity index (χ2v) is 6.18. The van der Waals surface area contributed by atoms with E-state index in [9.17, 15) is 0 Å². The fourth-order valence-electron chi connectivity index (χ4n) is 3.61. The minimum atomic E-state index is 1.03. The SMILES string of the molecule is c1ccc2c(c1)CCCCN2Cc1ccc2c(c1)CCN2. The number of benzene rings is 2. The van der Waals surface area contributed by atoms with E-state index < -0.39 is 0 Å². The van der Waals surface area contributed by atoms with Crippen molar-refractivity contribution in [3.63, 3.8) is 0 Å². The molecular formula is C19H22N2. The van der Waals surface area contributed by atoms with Gasteiger partial charge in [0.25, 0.3) is 0 Å². The van der Waals surface area contributed by atoms with Crippen LogP contribution in [-0.2, 0) is 19.4 Å². The number of anilines is 2. The molecule has 2 aromatic rings. The van der Waals surface area contributed by atoms with E-state index in [2.05, 4.69) is 52.7 Å². The molecule has 2 aliphatic rings. The molecule has 108 valence electrons. The summed E-state index contributed by atoms with van der Waals surface area (Å²) in [5.74, 6) is 0. The maximum Gasteiger partial charge on any atom is 0.0429 e. The van der Waals surface area contributed by atoms with Gasteiger partial charge in [-0.15, -0.1) is 0 Å². The van der Waals surface area contributed by atoms with Gasteiger partial charge < -0.3 is 10.2 Å². The Morgan fingerprint density at radius 1 is 0.952 bits per heavy atom. The number of nitrogens with zero attached hydrogens (tertiary/aromatic N) is 1. The number of fused-ring (bicyclic) bond motifs is 2. The van der Waals surface area contributed by atoms with Crippen molar-refractivity contribution in [2.45, 2.75) is 32.2 Å². The fourth-order valence-corrected chi connectivity index (χ4v) is 3.61. The lowest BCUT2D eigenvalue weighted by Crippen LogP contribution is -2.23. The van der Waals surface area contributed by atoms with E-state index in [4.69, 9.17) is 0 Å². The van der Waals surface area contributed by atoms with Crippen LogP contribution in [0, 0.1) is 0 Å². The zero-order valence-corrected chi connectivity index (χ0v) is 12.4. The van der Waals surface area contributed by atoms with Crippen molar-refractivity contribution in [2.75, 3.05) is 23.3 Å². The van der Waals surface area contributed by atoms with E-state index in [1.54, 1.807) is 0 Å². The van der Waals surface area contributed by atoms with E-state index in [0.717, 1.165) is 13.1 Å². The predicted octanol–water partition coefficient (Wildman–Crippen LogP) is 4.00. The molecule has 0 unspecified atom stereocenters. The first-order valence-electron chi connectivity index (χ1n) is 8.09. The Hall–Kier alpha value is -1.96. The van der Waals surface area contributed by atoms with E-state index in [1.807, 2.05) is 0 Å². The van der Waals surface area contributed by atoms with Crippen LogP contribution in [0.4, 0.5) is 11.4 Å². The first kappa shape index (κ1) is 12.8. The van der Waals surface area contributed by atoms with Crippen molar-refractivity contribution < 1.29 is 0 Å². The van der Waals surface area contributed by atoms with Crippen LogP contribution in [0.5, 0.6) is 0 Å². The summed E-state index contributed by atoms with van der Waals surface area (Å²) in [6.45, 7) is 3.29. The number of para-hydroxylation sites is 1. The topological polar surface area (TPSA) is 15.3 Å². The monoisotopic (exact) mass is 278 g/mol. The van der Waals surface area contributed by atoms with Crippen LogP contribution in [-0.4, -0.2) is 13.1 Å². The zero-order valence-electron chi connectivity index (χ0n) is 12.4. The Morgan fingerprint density at radius 3 is 2.90 bits per heavy atom. The summed E-state index contributed by atoms with van der Waals surface area (Å²) in [5.41, 5.74) is 7.20. The van der Waals surface area contributed by atoms with Crippen LogP contribution in [0.3, 0.4) is 0 Å². The van der Waals surface area contributed by atoms with Gasteiger partial charge in [0.15, 0.2) is 0 Å². The molecule has 0 atom stereocenters. The minimum Gasteiger partial charge on any atom is -0.384 e. The lowest BCUT2D eigenvalue weighted by atomic mass is 10.1. The smallest absolute Gasteiger partial charge is 0.0429 e. The molecule has 0 radical (unpaired) electrons. The van der Waals surface area contributed by atoms with Gasteiger partial charge in [-0.05, 0) is 54.5 Å². The molecule has 0 saturated carbocycles. The highest BCUT2D eigenvalue weighted by atomic mass is 15.1. The lowest BCUT2D eigenvalue weighted by Gasteiger charge is -2.25. The van der Waals surface area contributed by atoms with Crippen LogP contribution in [0.25, 0.3) is 0 Å². The largest absolute Gasteiger partial charge is 0.384 e. The maximum atomic E-state index is 3.44. The molecule has 2 nitrogen and oxygen atoms in total. The second kappa shape index (κ2) is 5.44. The molecule has 0 saturated heterocycles. The van der Waals surface area contributed by atoms with Crippen LogP contribution in [0.1, 0.15) is 29.5 Å². The van der Waals surface area contributed by atoms with Crippen molar-refractivity contribution in [2.24, 2.45) is 0 Å². The maximum absolute atomic E-state index is 3.44. The molecule has 0 amide bonds. The standard InChI is InChI=1S/C19H22N2/c1-2-7-19-16(5-1)6-3-4-12-21(19)14-15-8-9-18-17(13-15)10-11-20-18/h1-2,5,7-9,13,20H,3-4,6,10-12,14H2. The van der Waals surface area contributed by atoms with Crippen LogP contribution in [0.15, 0.2) is 42.5 Å². The van der Waals surface area contributed by atoms with Gasteiger partial charge in [-0.1, -0.05) is 30.3 Å². The van der Waals surface area contributed by atoms with Crippen molar-refractivity contribution in [3.05, 3.63) is 59.2 Å². The average molecular weight is 278 g/mol. The number of rotatable bonds is 2. The number of aryl methyl sites for hydroxylation is 1. The number of nitrogens with one attached hydrogen (secondary N) is 1. The summed E-state index contributed by atoms with van der Waals surface area (Å²) in [6, 6.07) is 15.8. The fraction of sp³-hybridized carbons (Fsp3) is 0.368. The quantitative estimate of drug-likeness (QED) is 0.893. The van der Waals surface area contributed by atoms with Gasteiger partial charge >= 0.3 is 0 Å². The Morgan fingerprint density at radius 2 is 1.90 bits per heavy atom. The van der Waals surface area contributed by atoms with Gasteiger partial charge in [0.2, 0.25) is 0 Å². The van der Waals surface area contributed by atoms with Gasteiger partial charge in [0.05, 0.1) is 0 Å². The molecule has 21 heavy (non-hydrogen) atoms. The predicted molar refractivity (Wildman–Crippen MR) is 89.1 cm³/mol. The van der Waals surface area contributed by atoms with Gasteiger partial charge in [-0.25, -0.2) is 0 Å². The van der Waals surface area contributed by atoms with E-state index in [-0.39, 0.29) is 0 Å². The normalized spacial score (nSPS) is 16.9. The molecule has 1 N–H and O–H groups in total. The average Bonchev–Trinajstić information content (AvgIpc) is 2.89. The first-order chi connectivity index (χ1) is 10.4. The number of hydrogen-bond donors (Lipinski definition) is 1. The van der Waals surface area contributed by atoms with Gasteiger partial charge in [0, 0.05) is 31.0 Å². The van der Waals surface area contributed by atoms with Gasteiger partial charge in [-0.2, -0.15) is 0 Å². The summed E-state index contributed by atoms with van der Waals surface area (Å²) in [6.07, 6.45) is 4.99. The zero-order chi connectivity index (χ0) is 14.1. The third-order valence-electron chi connectivity index (χ3n) is 4.71. The molecule has 0 fully saturated rings.